The average Bonchev–Trinajstić information content (AvgIpc) is 2.96. The molecule has 148 valence electrons. The molecule has 0 fully saturated rings. The molecule has 0 spiro atoms. The summed E-state index contributed by atoms with van der Waals surface area (Å²) in [6.07, 6.45) is -0.988. The fourth-order valence-electron chi connectivity index (χ4n) is 3.14. The number of benzene rings is 2. The van der Waals surface area contributed by atoms with Gasteiger partial charge in [-0.05, 0) is 30.3 Å². The van der Waals surface area contributed by atoms with E-state index < -0.39 is 6.10 Å². The predicted octanol–water partition coefficient (Wildman–Crippen LogP) is 1.21. The zero-order valence-electron chi connectivity index (χ0n) is 16.0. The topological polar surface area (TPSA) is 94.7 Å². The summed E-state index contributed by atoms with van der Waals surface area (Å²) in [4.78, 5) is 24.8. The highest BCUT2D eigenvalue weighted by molar-refractivity contribution is 5.80. The SMILES string of the molecule is COc1ccc(OC)c(C(O)CNC(=O)Cn2c(=O)n(C)c3ccccc32)c1. The maximum atomic E-state index is 12.4. The minimum absolute atomic E-state index is 0.0259. The molecule has 8 heteroatoms. The number of ether oxygens (including phenoxy) is 2. The summed E-state index contributed by atoms with van der Waals surface area (Å²) in [6, 6.07) is 12.3. The number of nitrogens with zero attached hydrogens (tertiary/aromatic N) is 2. The number of hydrogen-bond donors (Lipinski definition) is 2. The summed E-state index contributed by atoms with van der Waals surface area (Å²) in [5, 5.41) is 13.1. The van der Waals surface area contributed by atoms with E-state index in [1.807, 2.05) is 18.2 Å². The van der Waals surface area contributed by atoms with Gasteiger partial charge in [0.25, 0.3) is 0 Å². The van der Waals surface area contributed by atoms with Crippen molar-refractivity contribution >= 4 is 16.9 Å². The molecule has 0 aliphatic heterocycles. The van der Waals surface area contributed by atoms with Crippen molar-refractivity contribution in [1.29, 1.82) is 0 Å². The zero-order valence-corrected chi connectivity index (χ0v) is 16.0. The lowest BCUT2D eigenvalue weighted by Gasteiger charge is -2.16. The van der Waals surface area contributed by atoms with Gasteiger partial charge in [0.1, 0.15) is 18.0 Å². The summed E-state index contributed by atoms with van der Waals surface area (Å²) < 4.78 is 13.3. The molecule has 28 heavy (non-hydrogen) atoms. The molecule has 3 aromatic rings. The van der Waals surface area contributed by atoms with Crippen LogP contribution < -0.4 is 20.5 Å². The molecule has 1 aromatic heterocycles. The Bertz CT molecular complexity index is 1050. The number of nitrogens with one attached hydrogen (secondary N) is 1. The number of carbonyl (C=O) groups excluding carboxylic acids is 1. The van der Waals surface area contributed by atoms with Gasteiger partial charge in [0.05, 0.1) is 31.4 Å². The maximum absolute atomic E-state index is 12.4. The highest BCUT2D eigenvalue weighted by Crippen LogP contribution is 2.29. The standard InChI is InChI=1S/C20H23N3O5/c1-22-15-6-4-5-7-16(15)23(20(22)26)12-19(25)21-11-17(24)14-10-13(27-2)8-9-18(14)28-3/h4-10,17,24H,11-12H2,1-3H3,(H,21,25). The molecule has 2 aromatic carbocycles. The molecule has 1 unspecified atom stereocenters. The molecule has 1 heterocycles. The second-order valence-electron chi connectivity index (χ2n) is 6.34. The van der Waals surface area contributed by atoms with Gasteiger partial charge in [-0.25, -0.2) is 4.79 Å². The van der Waals surface area contributed by atoms with Crippen molar-refractivity contribution in [3.05, 3.63) is 58.5 Å². The van der Waals surface area contributed by atoms with Crippen molar-refractivity contribution in [3.8, 4) is 11.5 Å². The highest BCUT2D eigenvalue weighted by atomic mass is 16.5. The van der Waals surface area contributed by atoms with E-state index in [-0.39, 0.29) is 24.7 Å². The van der Waals surface area contributed by atoms with E-state index in [4.69, 9.17) is 9.47 Å². The molecule has 0 radical (unpaired) electrons. The molecule has 0 aliphatic rings. The molecule has 1 atom stereocenters. The number of hydrogen-bond acceptors (Lipinski definition) is 5. The van der Waals surface area contributed by atoms with Crippen LogP contribution in [0.4, 0.5) is 0 Å². The van der Waals surface area contributed by atoms with Gasteiger partial charge in [-0.3, -0.25) is 13.9 Å². The van der Waals surface area contributed by atoms with Crippen LogP contribution in [0.2, 0.25) is 0 Å². The Morgan fingerprint density at radius 3 is 2.54 bits per heavy atom. The normalized spacial score (nSPS) is 12.0. The lowest BCUT2D eigenvalue weighted by molar-refractivity contribution is -0.122. The van der Waals surface area contributed by atoms with Crippen LogP contribution in [0.15, 0.2) is 47.3 Å². The lowest BCUT2D eigenvalue weighted by Crippen LogP contribution is -2.34. The molecule has 8 nitrogen and oxygen atoms in total. The first-order valence-electron chi connectivity index (χ1n) is 8.77. The van der Waals surface area contributed by atoms with Gasteiger partial charge < -0.3 is 19.9 Å². The van der Waals surface area contributed by atoms with Gasteiger partial charge in [0.2, 0.25) is 5.91 Å². The molecule has 3 rings (SSSR count). The number of aliphatic hydroxyl groups excluding tert-OH is 1. The molecule has 0 saturated heterocycles. The smallest absolute Gasteiger partial charge is 0.329 e. The molecule has 1 amide bonds. The van der Waals surface area contributed by atoms with Gasteiger partial charge >= 0.3 is 5.69 Å². The first-order chi connectivity index (χ1) is 13.5. The Balaban J connectivity index is 1.72. The third-order valence-corrected chi connectivity index (χ3v) is 4.64. The van der Waals surface area contributed by atoms with E-state index in [0.717, 1.165) is 5.52 Å². The van der Waals surface area contributed by atoms with Gasteiger partial charge in [0.15, 0.2) is 0 Å². The molecule has 0 saturated carbocycles. The van der Waals surface area contributed by atoms with Crippen molar-refractivity contribution in [2.24, 2.45) is 7.05 Å². The number of aliphatic hydroxyl groups is 1. The van der Waals surface area contributed by atoms with Crippen molar-refractivity contribution in [2.75, 3.05) is 20.8 Å². The Hall–Kier alpha value is -3.26. The van der Waals surface area contributed by atoms with E-state index in [1.165, 1.54) is 23.4 Å². The third kappa shape index (κ3) is 3.72. The first kappa shape index (κ1) is 19.5. The maximum Gasteiger partial charge on any atom is 0.329 e. The van der Waals surface area contributed by atoms with E-state index in [0.29, 0.717) is 22.6 Å². The number of aryl methyl sites for hydroxylation is 1. The van der Waals surface area contributed by atoms with Gasteiger partial charge in [0, 0.05) is 19.2 Å². The highest BCUT2D eigenvalue weighted by Gasteiger charge is 2.17. The Morgan fingerprint density at radius 1 is 1.14 bits per heavy atom. The van der Waals surface area contributed by atoms with Crippen molar-refractivity contribution in [1.82, 2.24) is 14.5 Å². The second kappa shape index (κ2) is 8.18. The number of carbonyl (C=O) groups is 1. The molecule has 0 aliphatic carbocycles. The average molecular weight is 385 g/mol. The number of amides is 1. The number of methoxy groups -OCH3 is 2. The summed E-state index contributed by atoms with van der Waals surface area (Å²) in [5.74, 6) is 0.690. The van der Waals surface area contributed by atoms with E-state index in [2.05, 4.69) is 5.32 Å². The van der Waals surface area contributed by atoms with Gasteiger partial charge in [-0.15, -0.1) is 0 Å². The molecular formula is C20H23N3O5. The number of fused-ring (bicyclic) bond motifs is 1. The monoisotopic (exact) mass is 385 g/mol. The number of para-hydroxylation sites is 2. The summed E-state index contributed by atoms with van der Waals surface area (Å²) in [7, 11) is 4.70. The Morgan fingerprint density at radius 2 is 1.86 bits per heavy atom. The molecular weight excluding hydrogens is 362 g/mol. The fourth-order valence-corrected chi connectivity index (χ4v) is 3.14. The Kier molecular flexibility index (Phi) is 5.70. The van der Waals surface area contributed by atoms with Crippen LogP contribution in [0.1, 0.15) is 11.7 Å². The quantitative estimate of drug-likeness (QED) is 0.637. The van der Waals surface area contributed by atoms with Crippen LogP contribution in [0.3, 0.4) is 0 Å². The van der Waals surface area contributed by atoms with Gasteiger partial charge in [-0.1, -0.05) is 12.1 Å². The van der Waals surface area contributed by atoms with E-state index in [1.54, 1.807) is 31.3 Å². The number of aromatic nitrogens is 2. The minimum atomic E-state index is -0.988. The number of rotatable bonds is 7. The minimum Gasteiger partial charge on any atom is -0.497 e. The van der Waals surface area contributed by atoms with Crippen LogP contribution in [0, 0.1) is 0 Å². The lowest BCUT2D eigenvalue weighted by atomic mass is 10.1. The van der Waals surface area contributed by atoms with E-state index in [9.17, 15) is 14.7 Å². The van der Waals surface area contributed by atoms with Crippen LogP contribution in [0.25, 0.3) is 11.0 Å². The van der Waals surface area contributed by atoms with Crippen molar-refractivity contribution in [2.45, 2.75) is 12.6 Å². The van der Waals surface area contributed by atoms with Crippen LogP contribution in [0.5, 0.6) is 11.5 Å². The van der Waals surface area contributed by atoms with Crippen LogP contribution in [-0.4, -0.2) is 40.9 Å². The van der Waals surface area contributed by atoms with E-state index >= 15 is 0 Å². The summed E-state index contributed by atoms with van der Waals surface area (Å²) in [6.45, 7) is -0.163. The molecule has 2 N–H and O–H groups in total. The van der Waals surface area contributed by atoms with Crippen molar-refractivity contribution < 1.29 is 19.4 Å². The summed E-state index contributed by atoms with van der Waals surface area (Å²) in [5.41, 5.74) is 1.66. The zero-order chi connectivity index (χ0) is 20.3. The second-order valence-corrected chi connectivity index (χ2v) is 6.34. The van der Waals surface area contributed by atoms with Crippen molar-refractivity contribution in [3.63, 3.8) is 0 Å². The summed E-state index contributed by atoms with van der Waals surface area (Å²) >= 11 is 0. The van der Waals surface area contributed by atoms with Gasteiger partial charge in [-0.2, -0.15) is 0 Å². The fraction of sp³-hybridized carbons (Fsp3) is 0.300. The first-order valence-corrected chi connectivity index (χ1v) is 8.77. The Labute approximate surface area is 161 Å². The van der Waals surface area contributed by atoms with Crippen LogP contribution >= 0.6 is 0 Å². The molecule has 0 bridgehead atoms. The van der Waals surface area contributed by atoms with Crippen LogP contribution in [-0.2, 0) is 18.4 Å². The largest absolute Gasteiger partial charge is 0.497 e. The third-order valence-electron chi connectivity index (χ3n) is 4.64. The number of imidazole rings is 1. The predicted molar refractivity (Wildman–Crippen MR) is 105 cm³/mol.